The molecule has 0 aliphatic heterocycles. The number of hydrogen-bond donors (Lipinski definition) is 0. The van der Waals surface area contributed by atoms with Crippen molar-refractivity contribution in [2.45, 2.75) is 19.5 Å². The summed E-state index contributed by atoms with van der Waals surface area (Å²) >= 11 is 5.80. The molecule has 0 aliphatic rings. The van der Waals surface area contributed by atoms with Crippen molar-refractivity contribution in [1.82, 2.24) is 9.97 Å². The van der Waals surface area contributed by atoms with Gasteiger partial charge in [0.1, 0.15) is 16.7 Å². The molecular weight excluding hydrogens is 293 g/mol. The van der Waals surface area contributed by atoms with Crippen LogP contribution in [0.15, 0.2) is 30.3 Å². The molecule has 106 valence electrons. The Bertz CT molecular complexity index is 600. The minimum Gasteiger partial charge on any atom is -0.439 e. The second-order valence-corrected chi connectivity index (χ2v) is 4.31. The predicted octanol–water partition coefficient (Wildman–Crippen LogP) is 4.50. The summed E-state index contributed by atoms with van der Waals surface area (Å²) in [5.74, 6) is 0.941. The van der Waals surface area contributed by atoms with Crippen molar-refractivity contribution in [2.75, 3.05) is 0 Å². The highest BCUT2D eigenvalue weighted by molar-refractivity contribution is 6.29. The second kappa shape index (κ2) is 5.66. The lowest BCUT2D eigenvalue weighted by molar-refractivity contribution is -0.137. The Balaban J connectivity index is 2.20. The van der Waals surface area contributed by atoms with Gasteiger partial charge in [-0.2, -0.15) is 18.2 Å². The fourth-order valence-electron chi connectivity index (χ4n) is 1.49. The van der Waals surface area contributed by atoms with E-state index < -0.39 is 11.7 Å². The summed E-state index contributed by atoms with van der Waals surface area (Å²) in [6.07, 6.45) is -3.80. The summed E-state index contributed by atoms with van der Waals surface area (Å²) in [5.41, 5.74) is -0.736. The molecule has 0 atom stereocenters. The first-order valence-corrected chi connectivity index (χ1v) is 6.15. The number of aromatic nitrogens is 2. The third kappa shape index (κ3) is 3.60. The van der Waals surface area contributed by atoms with E-state index in [2.05, 4.69) is 9.97 Å². The van der Waals surface area contributed by atoms with E-state index in [-0.39, 0.29) is 16.8 Å². The Hall–Kier alpha value is -1.82. The topological polar surface area (TPSA) is 35.0 Å². The van der Waals surface area contributed by atoms with E-state index in [0.29, 0.717) is 12.2 Å². The number of alkyl halides is 3. The van der Waals surface area contributed by atoms with Crippen LogP contribution in [-0.4, -0.2) is 9.97 Å². The molecule has 3 nitrogen and oxygen atoms in total. The maximum atomic E-state index is 12.4. The second-order valence-electron chi connectivity index (χ2n) is 3.92. The van der Waals surface area contributed by atoms with Gasteiger partial charge in [0.2, 0.25) is 5.88 Å². The van der Waals surface area contributed by atoms with E-state index >= 15 is 0 Å². The molecule has 0 saturated heterocycles. The molecule has 0 unspecified atom stereocenters. The van der Waals surface area contributed by atoms with Crippen LogP contribution < -0.4 is 4.74 Å². The molecule has 0 saturated carbocycles. The molecule has 0 radical (unpaired) electrons. The molecule has 0 N–H and O–H groups in total. The Morgan fingerprint density at radius 3 is 2.35 bits per heavy atom. The van der Waals surface area contributed by atoms with Crippen molar-refractivity contribution in [1.29, 1.82) is 0 Å². The number of aryl methyl sites for hydroxylation is 1. The third-order valence-electron chi connectivity index (χ3n) is 2.44. The molecule has 0 amide bonds. The van der Waals surface area contributed by atoms with Gasteiger partial charge >= 0.3 is 6.18 Å². The number of benzene rings is 1. The van der Waals surface area contributed by atoms with Gasteiger partial charge in [0.05, 0.1) is 5.56 Å². The number of halogens is 4. The summed E-state index contributed by atoms with van der Waals surface area (Å²) in [7, 11) is 0. The zero-order valence-corrected chi connectivity index (χ0v) is 11.2. The minimum absolute atomic E-state index is 0.196. The largest absolute Gasteiger partial charge is 0.439 e. The molecule has 0 aliphatic carbocycles. The first-order valence-electron chi connectivity index (χ1n) is 5.77. The lowest BCUT2D eigenvalue weighted by Crippen LogP contribution is -2.04. The Morgan fingerprint density at radius 2 is 1.80 bits per heavy atom. The van der Waals surface area contributed by atoms with E-state index in [1.54, 1.807) is 0 Å². The fourth-order valence-corrected chi connectivity index (χ4v) is 1.68. The highest BCUT2D eigenvalue weighted by Gasteiger charge is 2.30. The first-order chi connectivity index (χ1) is 9.38. The lowest BCUT2D eigenvalue weighted by Gasteiger charge is -2.09. The van der Waals surface area contributed by atoms with Crippen molar-refractivity contribution in [3.05, 3.63) is 46.9 Å². The van der Waals surface area contributed by atoms with Crippen LogP contribution in [0.5, 0.6) is 11.6 Å². The Labute approximate surface area is 118 Å². The van der Waals surface area contributed by atoms with Gasteiger partial charge < -0.3 is 4.74 Å². The number of rotatable bonds is 3. The summed E-state index contributed by atoms with van der Waals surface area (Å²) in [6.45, 7) is 1.85. The average Bonchev–Trinajstić information content (AvgIpc) is 2.37. The number of nitrogens with zero attached hydrogens (tertiary/aromatic N) is 2. The Morgan fingerprint density at radius 1 is 1.15 bits per heavy atom. The van der Waals surface area contributed by atoms with Crippen LogP contribution >= 0.6 is 11.6 Å². The summed E-state index contributed by atoms with van der Waals surface area (Å²) < 4.78 is 42.6. The third-order valence-corrected chi connectivity index (χ3v) is 2.63. The van der Waals surface area contributed by atoms with Gasteiger partial charge in [-0.1, -0.05) is 18.5 Å². The molecule has 2 rings (SSSR count). The summed E-state index contributed by atoms with van der Waals surface area (Å²) in [5, 5.41) is 0.221. The van der Waals surface area contributed by atoms with Gasteiger partial charge in [0.15, 0.2) is 0 Å². The average molecular weight is 303 g/mol. The van der Waals surface area contributed by atoms with E-state index in [1.165, 1.54) is 18.2 Å². The van der Waals surface area contributed by atoms with Crippen LogP contribution in [0.2, 0.25) is 5.15 Å². The molecule has 1 aromatic heterocycles. The number of ether oxygens (including phenoxy) is 1. The van der Waals surface area contributed by atoms with Crippen LogP contribution in [0.4, 0.5) is 13.2 Å². The molecule has 0 fully saturated rings. The first kappa shape index (κ1) is 14.6. The van der Waals surface area contributed by atoms with E-state index in [4.69, 9.17) is 16.3 Å². The van der Waals surface area contributed by atoms with Crippen molar-refractivity contribution < 1.29 is 17.9 Å². The maximum Gasteiger partial charge on any atom is 0.416 e. The monoisotopic (exact) mass is 302 g/mol. The zero-order valence-electron chi connectivity index (χ0n) is 10.4. The van der Waals surface area contributed by atoms with Crippen LogP contribution in [-0.2, 0) is 12.6 Å². The van der Waals surface area contributed by atoms with Crippen LogP contribution in [0, 0.1) is 0 Å². The molecule has 7 heteroatoms. The summed E-state index contributed by atoms with van der Waals surface area (Å²) in [6, 6.07) is 5.74. The fraction of sp³-hybridized carbons (Fsp3) is 0.231. The maximum absolute atomic E-state index is 12.4. The van der Waals surface area contributed by atoms with Crippen LogP contribution in [0.25, 0.3) is 0 Å². The molecular formula is C13H10ClF3N2O. The van der Waals surface area contributed by atoms with E-state index in [0.717, 1.165) is 12.1 Å². The highest BCUT2D eigenvalue weighted by Crippen LogP contribution is 2.31. The van der Waals surface area contributed by atoms with Crippen molar-refractivity contribution in [2.24, 2.45) is 0 Å². The van der Waals surface area contributed by atoms with Crippen molar-refractivity contribution >= 4 is 11.6 Å². The van der Waals surface area contributed by atoms with Crippen molar-refractivity contribution in [3.8, 4) is 11.6 Å². The molecule has 2 aromatic rings. The molecule has 0 bridgehead atoms. The van der Waals surface area contributed by atoms with E-state index in [1.807, 2.05) is 6.92 Å². The van der Waals surface area contributed by atoms with Gasteiger partial charge in [0.25, 0.3) is 0 Å². The minimum atomic E-state index is -4.37. The Kier molecular flexibility index (Phi) is 4.13. The van der Waals surface area contributed by atoms with Crippen LogP contribution in [0.1, 0.15) is 18.3 Å². The van der Waals surface area contributed by atoms with Crippen LogP contribution in [0.3, 0.4) is 0 Å². The standard InChI is InChI=1S/C13H10ClF3N2O/c1-2-11-18-10(14)7-12(19-11)20-9-5-3-8(4-6-9)13(15,16)17/h3-7H,2H2,1H3. The highest BCUT2D eigenvalue weighted by atomic mass is 35.5. The van der Waals surface area contributed by atoms with Gasteiger partial charge in [-0.05, 0) is 24.3 Å². The van der Waals surface area contributed by atoms with Gasteiger partial charge in [-0.25, -0.2) is 4.98 Å². The lowest BCUT2D eigenvalue weighted by atomic mass is 10.2. The molecule has 1 aromatic carbocycles. The number of hydrogen-bond acceptors (Lipinski definition) is 3. The quantitative estimate of drug-likeness (QED) is 0.783. The van der Waals surface area contributed by atoms with Gasteiger partial charge in [-0.15, -0.1) is 0 Å². The molecule has 0 spiro atoms. The zero-order chi connectivity index (χ0) is 14.8. The smallest absolute Gasteiger partial charge is 0.416 e. The SMILES string of the molecule is CCc1nc(Cl)cc(Oc2ccc(C(F)(F)F)cc2)n1. The molecule has 1 heterocycles. The van der Waals surface area contributed by atoms with Gasteiger partial charge in [0, 0.05) is 12.5 Å². The predicted molar refractivity (Wildman–Crippen MR) is 67.9 cm³/mol. The molecule has 20 heavy (non-hydrogen) atoms. The van der Waals surface area contributed by atoms with Gasteiger partial charge in [-0.3, -0.25) is 0 Å². The van der Waals surface area contributed by atoms with E-state index in [9.17, 15) is 13.2 Å². The summed E-state index contributed by atoms with van der Waals surface area (Å²) in [4.78, 5) is 8.04. The normalized spacial score (nSPS) is 11.4. The van der Waals surface area contributed by atoms with Crippen molar-refractivity contribution in [3.63, 3.8) is 0 Å².